The van der Waals surface area contributed by atoms with Crippen molar-refractivity contribution in [3.05, 3.63) is 35.9 Å². The third-order valence-corrected chi connectivity index (χ3v) is 2.68. The van der Waals surface area contributed by atoms with Crippen LogP contribution in [0.15, 0.2) is 35.9 Å². The van der Waals surface area contributed by atoms with Crippen molar-refractivity contribution in [2.75, 3.05) is 19.6 Å². The Bertz CT molecular complexity index is 263. The summed E-state index contributed by atoms with van der Waals surface area (Å²) in [7, 11) is 0. The van der Waals surface area contributed by atoms with Crippen LogP contribution in [-0.4, -0.2) is 30.6 Å². The number of hydrogen-bond donors (Lipinski definition) is 1. The molecule has 0 atom stereocenters. The third-order valence-electron chi connectivity index (χ3n) is 2.56. The first kappa shape index (κ1) is 12.5. The summed E-state index contributed by atoms with van der Waals surface area (Å²) in [5.41, 5.74) is 6.90. The topological polar surface area (TPSA) is 29.3 Å². The number of allylic oxidation sites excluding steroid dienone is 2. The Morgan fingerprint density at radius 3 is 2.47 bits per heavy atom. The van der Waals surface area contributed by atoms with Gasteiger partial charge in [-0.3, -0.25) is 4.90 Å². The second kappa shape index (κ2) is 6.11. The van der Waals surface area contributed by atoms with Gasteiger partial charge in [0.05, 0.1) is 0 Å². The van der Waals surface area contributed by atoms with Gasteiger partial charge in [-0.2, -0.15) is 0 Å². The van der Waals surface area contributed by atoms with Crippen LogP contribution < -0.4 is 5.73 Å². The molecule has 0 amide bonds. The summed E-state index contributed by atoms with van der Waals surface area (Å²) in [6.07, 6.45) is 5.86. The van der Waals surface area contributed by atoms with Crippen LogP contribution >= 0.6 is 11.6 Å². The van der Waals surface area contributed by atoms with Crippen LogP contribution in [0.2, 0.25) is 0 Å². The fourth-order valence-electron chi connectivity index (χ4n) is 1.66. The molecule has 1 aliphatic heterocycles. The molecule has 0 aromatic heterocycles. The van der Waals surface area contributed by atoms with Gasteiger partial charge in [0.2, 0.25) is 0 Å². The minimum Gasteiger partial charge on any atom is -0.328 e. The average molecular weight is 227 g/mol. The second-order valence-electron chi connectivity index (χ2n) is 4.05. The summed E-state index contributed by atoms with van der Waals surface area (Å²) >= 11 is 5.63. The molecule has 1 aliphatic rings. The van der Waals surface area contributed by atoms with Gasteiger partial charge in [0, 0.05) is 17.6 Å². The molecule has 2 nitrogen and oxygen atoms in total. The SMILES string of the molecule is C=C(Cl)/C=C\C(=C)CN1CCC(N)CC1. The summed E-state index contributed by atoms with van der Waals surface area (Å²) in [4.78, 5) is 2.37. The lowest BCUT2D eigenvalue weighted by atomic mass is 10.1. The molecule has 0 aromatic rings. The molecule has 1 saturated heterocycles. The molecule has 84 valence electrons. The molecule has 0 saturated carbocycles. The number of likely N-dealkylation sites (tertiary alicyclic amines) is 1. The number of rotatable bonds is 4. The Labute approximate surface area is 97.1 Å². The fraction of sp³-hybridized carbons (Fsp3) is 0.500. The molecule has 1 rings (SSSR count). The highest BCUT2D eigenvalue weighted by Crippen LogP contribution is 2.10. The van der Waals surface area contributed by atoms with E-state index >= 15 is 0 Å². The minimum absolute atomic E-state index is 0.382. The zero-order chi connectivity index (χ0) is 11.3. The Morgan fingerprint density at radius 1 is 1.33 bits per heavy atom. The highest BCUT2D eigenvalue weighted by atomic mass is 35.5. The van der Waals surface area contributed by atoms with Crippen LogP contribution in [-0.2, 0) is 0 Å². The Kier molecular flexibility index (Phi) is 5.09. The Balaban J connectivity index is 2.29. The van der Waals surface area contributed by atoms with Gasteiger partial charge in [-0.1, -0.05) is 30.8 Å². The van der Waals surface area contributed by atoms with Gasteiger partial charge in [0.25, 0.3) is 0 Å². The smallest absolute Gasteiger partial charge is 0.0334 e. The summed E-state index contributed by atoms with van der Waals surface area (Å²) in [6, 6.07) is 0.382. The van der Waals surface area contributed by atoms with Crippen LogP contribution in [0.4, 0.5) is 0 Å². The zero-order valence-corrected chi connectivity index (χ0v) is 9.84. The van der Waals surface area contributed by atoms with E-state index in [1.807, 2.05) is 6.08 Å². The van der Waals surface area contributed by atoms with Crippen LogP contribution in [0.25, 0.3) is 0 Å². The summed E-state index contributed by atoms with van der Waals surface area (Å²) in [5.74, 6) is 0. The predicted octanol–water partition coefficient (Wildman–Crippen LogP) is 2.27. The first-order chi connectivity index (χ1) is 7.08. The summed E-state index contributed by atoms with van der Waals surface area (Å²) < 4.78 is 0. The van der Waals surface area contributed by atoms with Crippen molar-refractivity contribution in [3.8, 4) is 0 Å². The lowest BCUT2D eigenvalue weighted by molar-refractivity contribution is 0.230. The van der Waals surface area contributed by atoms with E-state index < -0.39 is 0 Å². The number of nitrogens with two attached hydrogens (primary N) is 1. The van der Waals surface area contributed by atoms with Crippen molar-refractivity contribution in [1.82, 2.24) is 4.90 Å². The molecule has 0 unspecified atom stereocenters. The monoisotopic (exact) mass is 226 g/mol. The molecule has 1 fully saturated rings. The van der Waals surface area contributed by atoms with E-state index in [-0.39, 0.29) is 0 Å². The lowest BCUT2D eigenvalue weighted by Gasteiger charge is -2.30. The van der Waals surface area contributed by atoms with E-state index in [1.54, 1.807) is 6.08 Å². The maximum absolute atomic E-state index is 5.83. The normalized spacial score (nSPS) is 19.6. The second-order valence-corrected chi connectivity index (χ2v) is 4.54. The summed E-state index contributed by atoms with van der Waals surface area (Å²) in [6.45, 7) is 10.6. The predicted molar refractivity (Wildman–Crippen MR) is 66.9 cm³/mol. The van der Waals surface area contributed by atoms with E-state index in [2.05, 4.69) is 18.1 Å². The standard InChI is InChI=1S/C12H19ClN2/c1-10(3-4-11(2)13)9-15-7-5-12(14)6-8-15/h3-4,12H,1-2,5-9,14H2/b4-3-. The maximum Gasteiger partial charge on any atom is 0.0334 e. The molecule has 0 aliphatic carbocycles. The minimum atomic E-state index is 0.382. The van der Waals surface area contributed by atoms with Crippen molar-refractivity contribution in [2.24, 2.45) is 5.73 Å². The molecular weight excluding hydrogens is 208 g/mol. The van der Waals surface area contributed by atoms with Crippen molar-refractivity contribution in [2.45, 2.75) is 18.9 Å². The van der Waals surface area contributed by atoms with Crippen molar-refractivity contribution >= 4 is 11.6 Å². The van der Waals surface area contributed by atoms with Gasteiger partial charge in [0.15, 0.2) is 0 Å². The van der Waals surface area contributed by atoms with Crippen LogP contribution in [0.1, 0.15) is 12.8 Å². The third kappa shape index (κ3) is 5.17. The van der Waals surface area contributed by atoms with E-state index in [9.17, 15) is 0 Å². The molecule has 0 spiro atoms. The van der Waals surface area contributed by atoms with Crippen molar-refractivity contribution in [1.29, 1.82) is 0 Å². The number of piperidine rings is 1. The van der Waals surface area contributed by atoms with E-state index in [0.717, 1.165) is 38.0 Å². The summed E-state index contributed by atoms with van der Waals surface area (Å²) in [5, 5.41) is 0.539. The lowest BCUT2D eigenvalue weighted by Crippen LogP contribution is -2.40. The fourth-order valence-corrected chi connectivity index (χ4v) is 1.72. The highest BCUT2D eigenvalue weighted by molar-refractivity contribution is 6.30. The van der Waals surface area contributed by atoms with Gasteiger partial charge >= 0.3 is 0 Å². The van der Waals surface area contributed by atoms with E-state index in [4.69, 9.17) is 17.3 Å². The quantitative estimate of drug-likeness (QED) is 0.746. The maximum atomic E-state index is 5.83. The molecule has 2 N–H and O–H groups in total. The first-order valence-corrected chi connectivity index (χ1v) is 5.64. The largest absolute Gasteiger partial charge is 0.328 e. The van der Waals surface area contributed by atoms with Crippen LogP contribution in [0.3, 0.4) is 0 Å². The van der Waals surface area contributed by atoms with Crippen molar-refractivity contribution in [3.63, 3.8) is 0 Å². The first-order valence-electron chi connectivity index (χ1n) is 5.26. The molecule has 1 heterocycles. The van der Waals surface area contributed by atoms with Gasteiger partial charge < -0.3 is 5.73 Å². The molecule has 0 aromatic carbocycles. The molecule has 15 heavy (non-hydrogen) atoms. The Hall–Kier alpha value is -0.570. The number of halogens is 1. The Morgan fingerprint density at radius 2 is 1.93 bits per heavy atom. The van der Waals surface area contributed by atoms with Gasteiger partial charge in [-0.15, -0.1) is 0 Å². The average Bonchev–Trinajstić information content (AvgIpc) is 2.19. The van der Waals surface area contributed by atoms with E-state index in [1.165, 1.54) is 0 Å². The molecule has 0 radical (unpaired) electrons. The zero-order valence-electron chi connectivity index (χ0n) is 9.08. The van der Waals surface area contributed by atoms with Gasteiger partial charge in [-0.25, -0.2) is 0 Å². The van der Waals surface area contributed by atoms with Crippen molar-refractivity contribution < 1.29 is 0 Å². The molecule has 3 heteroatoms. The van der Waals surface area contributed by atoms with Gasteiger partial charge in [-0.05, 0) is 37.6 Å². The van der Waals surface area contributed by atoms with Gasteiger partial charge in [0.1, 0.15) is 0 Å². The number of hydrogen-bond acceptors (Lipinski definition) is 2. The molecule has 0 bridgehead atoms. The van der Waals surface area contributed by atoms with E-state index in [0.29, 0.717) is 11.1 Å². The van der Waals surface area contributed by atoms with Crippen LogP contribution in [0.5, 0.6) is 0 Å². The van der Waals surface area contributed by atoms with Crippen LogP contribution in [0, 0.1) is 0 Å². The highest BCUT2D eigenvalue weighted by Gasteiger charge is 2.15. The number of nitrogens with zero attached hydrogens (tertiary/aromatic N) is 1. The molecular formula is C12H19ClN2.